The van der Waals surface area contributed by atoms with E-state index in [0.29, 0.717) is 18.4 Å². The number of benzene rings is 1. The van der Waals surface area contributed by atoms with Crippen LogP contribution in [0.5, 0.6) is 0 Å². The number of rotatable bonds is 2. The van der Waals surface area contributed by atoms with Gasteiger partial charge in [-0.05, 0) is 36.7 Å². The number of esters is 1. The molecule has 0 heterocycles. The summed E-state index contributed by atoms with van der Waals surface area (Å²) in [5.41, 5.74) is 1.02. The molecular formula is C21H24O4. The number of ether oxygens (including phenoxy) is 1. The summed E-state index contributed by atoms with van der Waals surface area (Å²) >= 11 is 0. The van der Waals surface area contributed by atoms with Crippen molar-refractivity contribution in [2.45, 2.75) is 44.4 Å². The summed E-state index contributed by atoms with van der Waals surface area (Å²) in [7, 11) is 1.34. The van der Waals surface area contributed by atoms with Gasteiger partial charge in [0.25, 0.3) is 0 Å². The first-order valence-electron chi connectivity index (χ1n) is 9.20. The van der Waals surface area contributed by atoms with Crippen LogP contribution in [0, 0.1) is 17.3 Å². The Labute approximate surface area is 147 Å². The monoisotopic (exact) mass is 340 g/mol. The number of hydrogen-bond acceptors (Lipinski definition) is 4. The summed E-state index contributed by atoms with van der Waals surface area (Å²) in [5.74, 6) is -0.115. The van der Waals surface area contributed by atoms with Crippen LogP contribution in [0.25, 0.3) is 0 Å². The van der Waals surface area contributed by atoms with E-state index in [-0.39, 0.29) is 29.3 Å². The number of aliphatic hydroxyl groups is 1. The number of Topliss-reactive ketones (excluding diaryl/α,β-unsaturated/α-hetero) is 1. The summed E-state index contributed by atoms with van der Waals surface area (Å²) in [6, 6.07) is 10.1. The molecule has 25 heavy (non-hydrogen) atoms. The molecule has 2 saturated carbocycles. The average Bonchev–Trinajstić information content (AvgIpc) is 3.36. The van der Waals surface area contributed by atoms with Gasteiger partial charge in [0.15, 0.2) is 0 Å². The van der Waals surface area contributed by atoms with Crippen molar-refractivity contribution in [3.63, 3.8) is 0 Å². The van der Waals surface area contributed by atoms with Crippen LogP contribution in [-0.4, -0.2) is 24.0 Å². The maximum absolute atomic E-state index is 13.0. The van der Waals surface area contributed by atoms with Gasteiger partial charge >= 0.3 is 5.97 Å². The van der Waals surface area contributed by atoms with Crippen LogP contribution in [0.4, 0.5) is 0 Å². The van der Waals surface area contributed by atoms with E-state index in [2.05, 4.69) is 12.1 Å². The van der Waals surface area contributed by atoms with E-state index in [9.17, 15) is 14.7 Å². The second kappa shape index (κ2) is 6.01. The molecule has 1 aromatic carbocycles. The van der Waals surface area contributed by atoms with Gasteiger partial charge in [0.2, 0.25) is 0 Å². The first kappa shape index (κ1) is 16.4. The zero-order valence-electron chi connectivity index (χ0n) is 14.5. The fraction of sp³-hybridized carbons (Fsp3) is 0.524. The third-order valence-corrected chi connectivity index (χ3v) is 6.53. The van der Waals surface area contributed by atoms with Crippen LogP contribution < -0.4 is 0 Å². The predicted molar refractivity (Wildman–Crippen MR) is 93.0 cm³/mol. The Hall–Kier alpha value is -2.10. The molecule has 0 amide bonds. The molecule has 4 heteroatoms. The quantitative estimate of drug-likeness (QED) is 0.829. The molecule has 1 spiro atoms. The molecule has 0 bridgehead atoms. The van der Waals surface area contributed by atoms with Gasteiger partial charge in [-0.1, -0.05) is 43.2 Å². The number of hydrogen-bond donors (Lipinski definition) is 1. The molecular weight excluding hydrogens is 316 g/mol. The number of aliphatic hydroxyl groups excluding tert-OH is 1. The van der Waals surface area contributed by atoms with Crippen LogP contribution in [-0.2, 0) is 14.3 Å². The van der Waals surface area contributed by atoms with Crippen molar-refractivity contribution < 1.29 is 19.4 Å². The summed E-state index contributed by atoms with van der Waals surface area (Å²) in [6.07, 6.45) is 4.87. The molecule has 1 N–H and O–H groups in total. The van der Waals surface area contributed by atoms with Crippen molar-refractivity contribution in [3.8, 4) is 0 Å². The number of carbonyl (C=O) groups is 2. The Bertz CT molecular complexity index is 736. The van der Waals surface area contributed by atoms with E-state index < -0.39 is 11.4 Å². The van der Waals surface area contributed by atoms with Gasteiger partial charge < -0.3 is 9.84 Å². The minimum atomic E-state index is -0.475. The van der Waals surface area contributed by atoms with E-state index in [1.165, 1.54) is 7.11 Å². The van der Waals surface area contributed by atoms with E-state index in [0.717, 1.165) is 31.2 Å². The van der Waals surface area contributed by atoms with Crippen LogP contribution in [0.3, 0.4) is 0 Å². The fourth-order valence-electron chi connectivity index (χ4n) is 5.38. The number of methoxy groups -OCH3 is 1. The average molecular weight is 340 g/mol. The molecule has 0 aliphatic heterocycles. The maximum Gasteiger partial charge on any atom is 0.337 e. The highest BCUT2D eigenvalue weighted by Gasteiger charge is 2.73. The summed E-state index contributed by atoms with van der Waals surface area (Å²) in [4.78, 5) is 25.2. The smallest absolute Gasteiger partial charge is 0.337 e. The van der Waals surface area contributed by atoms with E-state index in [1.54, 1.807) is 0 Å². The molecule has 4 nitrogen and oxygen atoms in total. The van der Waals surface area contributed by atoms with Gasteiger partial charge in [0.05, 0.1) is 12.7 Å². The lowest BCUT2D eigenvalue weighted by Gasteiger charge is -2.24. The standard InChI is InChI=1S/C21H24O4/c1-25-20(24)15-12-14(13-8-4-2-5-9-13)17-18(19(15)23)21(17)11-7-3-6-10-16(21)22/h2,4-5,8-9,14,17-18,23H,3,6-7,10-12H2,1H3/t14-,17-,18-,21+/m1/s1. The molecule has 132 valence electrons. The maximum atomic E-state index is 13.0. The van der Waals surface area contributed by atoms with E-state index >= 15 is 0 Å². The highest BCUT2D eigenvalue weighted by Crippen LogP contribution is 2.73. The Morgan fingerprint density at radius 3 is 2.68 bits per heavy atom. The van der Waals surface area contributed by atoms with E-state index in [4.69, 9.17) is 4.74 Å². The zero-order valence-corrected chi connectivity index (χ0v) is 14.5. The third kappa shape index (κ3) is 2.34. The third-order valence-electron chi connectivity index (χ3n) is 6.53. The lowest BCUT2D eigenvalue weighted by Crippen LogP contribution is -2.20. The number of ketones is 1. The van der Waals surface area contributed by atoms with Gasteiger partial charge in [-0.15, -0.1) is 0 Å². The Balaban J connectivity index is 1.80. The van der Waals surface area contributed by atoms with Crippen LogP contribution >= 0.6 is 0 Å². The number of allylic oxidation sites excluding steroid dienone is 1. The molecule has 2 fully saturated rings. The van der Waals surface area contributed by atoms with Crippen molar-refractivity contribution in [2.24, 2.45) is 17.3 Å². The molecule has 0 radical (unpaired) electrons. The van der Waals surface area contributed by atoms with Gasteiger partial charge in [0.1, 0.15) is 11.5 Å². The summed E-state index contributed by atoms with van der Waals surface area (Å²) in [6.45, 7) is 0. The van der Waals surface area contributed by atoms with Crippen molar-refractivity contribution in [1.82, 2.24) is 0 Å². The Morgan fingerprint density at radius 2 is 1.96 bits per heavy atom. The summed E-state index contributed by atoms with van der Waals surface area (Å²) < 4.78 is 4.90. The van der Waals surface area contributed by atoms with E-state index in [1.807, 2.05) is 18.2 Å². The Morgan fingerprint density at radius 1 is 1.20 bits per heavy atom. The molecule has 4 rings (SSSR count). The lowest BCUT2D eigenvalue weighted by molar-refractivity contribution is -0.136. The van der Waals surface area contributed by atoms with Gasteiger partial charge in [-0.25, -0.2) is 4.79 Å². The molecule has 4 atom stereocenters. The molecule has 3 aliphatic rings. The van der Waals surface area contributed by atoms with Crippen molar-refractivity contribution in [3.05, 3.63) is 47.2 Å². The SMILES string of the molecule is COC(=O)C1=C(O)[C@H]2[C@@H]([C@@H](c3ccccc3)C1)[C@@]21CCCCCC1=O. The summed E-state index contributed by atoms with van der Waals surface area (Å²) in [5, 5.41) is 10.8. The second-order valence-corrected chi connectivity index (χ2v) is 7.60. The first-order valence-corrected chi connectivity index (χ1v) is 9.20. The lowest BCUT2D eigenvalue weighted by atomic mass is 9.80. The predicted octanol–water partition coefficient (Wildman–Crippen LogP) is 3.92. The minimum Gasteiger partial charge on any atom is -0.511 e. The van der Waals surface area contributed by atoms with Crippen molar-refractivity contribution in [2.75, 3.05) is 7.11 Å². The highest BCUT2D eigenvalue weighted by molar-refractivity contribution is 5.94. The second-order valence-electron chi connectivity index (χ2n) is 7.60. The van der Waals surface area contributed by atoms with Gasteiger partial charge in [0, 0.05) is 17.8 Å². The molecule has 0 unspecified atom stereocenters. The molecule has 3 aliphatic carbocycles. The topological polar surface area (TPSA) is 63.6 Å². The van der Waals surface area contributed by atoms with Crippen molar-refractivity contribution >= 4 is 11.8 Å². The number of carbonyl (C=O) groups excluding carboxylic acids is 2. The fourth-order valence-corrected chi connectivity index (χ4v) is 5.38. The number of fused-ring (bicyclic) bond motifs is 3. The molecule has 0 aromatic heterocycles. The van der Waals surface area contributed by atoms with Gasteiger partial charge in [-0.3, -0.25) is 4.79 Å². The van der Waals surface area contributed by atoms with Gasteiger partial charge in [-0.2, -0.15) is 0 Å². The molecule has 0 saturated heterocycles. The Kier molecular flexibility index (Phi) is 3.94. The first-order chi connectivity index (χ1) is 12.1. The normalized spacial score (nSPS) is 34.4. The highest BCUT2D eigenvalue weighted by atomic mass is 16.5. The van der Waals surface area contributed by atoms with Crippen LogP contribution in [0.15, 0.2) is 41.7 Å². The minimum absolute atomic E-state index is 0.0817. The largest absolute Gasteiger partial charge is 0.511 e. The van der Waals surface area contributed by atoms with Crippen molar-refractivity contribution in [1.29, 1.82) is 0 Å². The molecule has 1 aromatic rings. The van der Waals surface area contributed by atoms with Crippen LogP contribution in [0.1, 0.15) is 50.0 Å². The zero-order chi connectivity index (χ0) is 17.6. The van der Waals surface area contributed by atoms with Crippen LogP contribution in [0.2, 0.25) is 0 Å².